The van der Waals surface area contributed by atoms with Crippen molar-refractivity contribution >= 4 is 5.95 Å². The van der Waals surface area contributed by atoms with Crippen LogP contribution in [0.15, 0.2) is 36.4 Å². The van der Waals surface area contributed by atoms with Crippen molar-refractivity contribution in [3.8, 4) is 11.9 Å². The van der Waals surface area contributed by atoms with Crippen LogP contribution in [0.3, 0.4) is 0 Å². The van der Waals surface area contributed by atoms with Crippen LogP contribution in [0.4, 0.5) is 5.95 Å². The zero-order valence-electron chi connectivity index (χ0n) is 10.6. The molecule has 0 unspecified atom stereocenters. The first-order chi connectivity index (χ1) is 9.28. The van der Waals surface area contributed by atoms with Crippen molar-refractivity contribution < 1.29 is 4.74 Å². The highest BCUT2D eigenvalue weighted by Crippen LogP contribution is 2.12. The van der Waals surface area contributed by atoms with E-state index in [1.807, 2.05) is 43.3 Å². The summed E-state index contributed by atoms with van der Waals surface area (Å²) < 4.78 is 5.18. The molecule has 1 heterocycles. The fraction of sp³-hybridized carbons (Fsp3) is 0.214. The second kappa shape index (κ2) is 6.36. The van der Waals surface area contributed by atoms with Gasteiger partial charge in [-0.15, -0.1) is 0 Å². The molecule has 1 aromatic carbocycles. The van der Waals surface area contributed by atoms with Crippen molar-refractivity contribution in [3.05, 3.63) is 47.7 Å². The standard InChI is InChI=1S/C14H14N4O/c1-11-9-13(19-8-7-15)18-14(17-11)16-10-12-5-3-2-4-6-12/h2-6,9H,8,10H2,1H3,(H,16,17,18). The first-order valence-corrected chi connectivity index (χ1v) is 5.91. The van der Waals surface area contributed by atoms with Crippen molar-refractivity contribution in [2.45, 2.75) is 13.5 Å². The summed E-state index contributed by atoms with van der Waals surface area (Å²) >= 11 is 0. The molecule has 2 aromatic rings. The Labute approximate surface area is 111 Å². The van der Waals surface area contributed by atoms with Gasteiger partial charge in [0.25, 0.3) is 0 Å². The molecule has 0 aliphatic carbocycles. The Morgan fingerprint density at radius 3 is 2.79 bits per heavy atom. The number of nitrogens with zero attached hydrogens (tertiary/aromatic N) is 3. The van der Waals surface area contributed by atoms with Gasteiger partial charge in [0.2, 0.25) is 11.8 Å². The van der Waals surface area contributed by atoms with Gasteiger partial charge >= 0.3 is 0 Å². The Morgan fingerprint density at radius 2 is 2.05 bits per heavy atom. The van der Waals surface area contributed by atoms with Crippen molar-refractivity contribution in [1.29, 1.82) is 5.26 Å². The molecule has 1 N–H and O–H groups in total. The van der Waals surface area contributed by atoms with E-state index in [4.69, 9.17) is 10.00 Å². The van der Waals surface area contributed by atoms with E-state index in [9.17, 15) is 0 Å². The Balaban J connectivity index is 2.04. The SMILES string of the molecule is Cc1cc(OCC#N)nc(NCc2ccccc2)n1. The van der Waals surface area contributed by atoms with Crippen LogP contribution < -0.4 is 10.1 Å². The van der Waals surface area contributed by atoms with Crippen LogP contribution in [0.1, 0.15) is 11.3 Å². The van der Waals surface area contributed by atoms with Gasteiger partial charge in [0.05, 0.1) is 0 Å². The van der Waals surface area contributed by atoms with Crippen LogP contribution in [-0.4, -0.2) is 16.6 Å². The van der Waals surface area contributed by atoms with E-state index in [1.54, 1.807) is 6.07 Å². The van der Waals surface area contributed by atoms with Crippen LogP contribution >= 0.6 is 0 Å². The van der Waals surface area contributed by atoms with E-state index < -0.39 is 0 Å². The molecule has 0 atom stereocenters. The lowest BCUT2D eigenvalue weighted by atomic mass is 10.2. The number of benzene rings is 1. The highest BCUT2D eigenvalue weighted by molar-refractivity contribution is 5.32. The molecule has 5 nitrogen and oxygen atoms in total. The Bertz CT molecular complexity index is 578. The van der Waals surface area contributed by atoms with Gasteiger partial charge in [0, 0.05) is 18.3 Å². The number of nitrogens with one attached hydrogen (secondary N) is 1. The highest BCUT2D eigenvalue weighted by Gasteiger charge is 2.03. The average Bonchev–Trinajstić information content (AvgIpc) is 2.43. The minimum Gasteiger partial charge on any atom is -0.462 e. The molecule has 0 saturated heterocycles. The minimum absolute atomic E-state index is 0.0193. The maximum absolute atomic E-state index is 8.48. The average molecular weight is 254 g/mol. The predicted octanol–water partition coefficient (Wildman–Crippen LogP) is 2.30. The Morgan fingerprint density at radius 1 is 1.26 bits per heavy atom. The second-order valence-corrected chi connectivity index (χ2v) is 3.96. The zero-order valence-corrected chi connectivity index (χ0v) is 10.6. The van der Waals surface area contributed by atoms with Crippen molar-refractivity contribution in [3.63, 3.8) is 0 Å². The second-order valence-electron chi connectivity index (χ2n) is 3.96. The van der Waals surface area contributed by atoms with E-state index in [0.29, 0.717) is 18.4 Å². The van der Waals surface area contributed by atoms with Crippen LogP contribution in [0.2, 0.25) is 0 Å². The van der Waals surface area contributed by atoms with Gasteiger partial charge in [0.1, 0.15) is 6.07 Å². The van der Waals surface area contributed by atoms with Gasteiger partial charge in [-0.1, -0.05) is 30.3 Å². The molecule has 96 valence electrons. The van der Waals surface area contributed by atoms with Crippen molar-refractivity contribution in [1.82, 2.24) is 9.97 Å². The molecule has 0 spiro atoms. The fourth-order valence-corrected chi connectivity index (χ4v) is 1.58. The van der Waals surface area contributed by atoms with E-state index >= 15 is 0 Å². The van der Waals surface area contributed by atoms with Gasteiger partial charge in [-0.3, -0.25) is 0 Å². The fourth-order valence-electron chi connectivity index (χ4n) is 1.58. The zero-order chi connectivity index (χ0) is 13.5. The molecule has 0 aliphatic rings. The lowest BCUT2D eigenvalue weighted by molar-refractivity contribution is 0.353. The van der Waals surface area contributed by atoms with Crippen LogP contribution in [0.5, 0.6) is 5.88 Å². The summed E-state index contributed by atoms with van der Waals surface area (Å²) in [6.45, 7) is 2.48. The monoisotopic (exact) mass is 254 g/mol. The maximum atomic E-state index is 8.48. The van der Waals surface area contributed by atoms with Crippen LogP contribution in [-0.2, 0) is 6.54 Å². The molecular weight excluding hydrogens is 240 g/mol. The van der Waals surface area contributed by atoms with E-state index in [1.165, 1.54) is 0 Å². The van der Waals surface area contributed by atoms with Crippen molar-refractivity contribution in [2.24, 2.45) is 0 Å². The quantitative estimate of drug-likeness (QED) is 0.886. The molecule has 2 rings (SSSR count). The third-order valence-corrected chi connectivity index (χ3v) is 2.41. The summed E-state index contributed by atoms with van der Waals surface area (Å²) in [5.74, 6) is 0.904. The Hall–Kier alpha value is -2.61. The lowest BCUT2D eigenvalue weighted by Gasteiger charge is -2.08. The number of nitriles is 1. The Kier molecular flexibility index (Phi) is 4.29. The predicted molar refractivity (Wildman–Crippen MR) is 71.6 cm³/mol. The van der Waals surface area contributed by atoms with Crippen molar-refractivity contribution in [2.75, 3.05) is 11.9 Å². The molecule has 0 saturated carbocycles. The van der Waals surface area contributed by atoms with Gasteiger partial charge < -0.3 is 10.1 Å². The third-order valence-electron chi connectivity index (χ3n) is 2.41. The maximum Gasteiger partial charge on any atom is 0.226 e. The summed E-state index contributed by atoms with van der Waals surface area (Å²) in [6, 6.07) is 13.6. The molecule has 0 amide bonds. The molecule has 0 fully saturated rings. The number of hydrogen-bond donors (Lipinski definition) is 1. The number of ether oxygens (including phenoxy) is 1. The first-order valence-electron chi connectivity index (χ1n) is 5.91. The number of anilines is 1. The molecule has 19 heavy (non-hydrogen) atoms. The summed E-state index contributed by atoms with van der Waals surface area (Å²) in [5.41, 5.74) is 1.94. The molecule has 0 radical (unpaired) electrons. The van der Waals surface area contributed by atoms with Gasteiger partial charge in [-0.05, 0) is 12.5 Å². The topological polar surface area (TPSA) is 70.8 Å². The number of aryl methyl sites for hydroxylation is 1. The number of hydrogen-bond acceptors (Lipinski definition) is 5. The van der Waals surface area contributed by atoms with Crippen LogP contribution in [0.25, 0.3) is 0 Å². The lowest BCUT2D eigenvalue weighted by Crippen LogP contribution is -2.06. The molecule has 0 bridgehead atoms. The molecule has 1 aromatic heterocycles. The smallest absolute Gasteiger partial charge is 0.226 e. The third kappa shape index (κ3) is 3.96. The first kappa shape index (κ1) is 12.8. The van der Waals surface area contributed by atoms with Gasteiger partial charge in [-0.25, -0.2) is 4.98 Å². The molecular formula is C14H14N4O. The number of rotatable bonds is 5. The molecule has 0 aliphatic heterocycles. The number of aromatic nitrogens is 2. The summed E-state index contributed by atoms with van der Waals surface area (Å²) in [7, 11) is 0. The normalized spacial score (nSPS) is 9.68. The van der Waals surface area contributed by atoms with E-state index in [2.05, 4.69) is 15.3 Å². The van der Waals surface area contributed by atoms with E-state index in [0.717, 1.165) is 11.3 Å². The van der Waals surface area contributed by atoms with Gasteiger partial charge in [0.15, 0.2) is 6.61 Å². The van der Waals surface area contributed by atoms with Crippen LogP contribution in [0, 0.1) is 18.3 Å². The molecule has 5 heteroatoms. The summed E-state index contributed by atoms with van der Waals surface area (Å²) in [6.07, 6.45) is 0. The summed E-state index contributed by atoms with van der Waals surface area (Å²) in [5, 5.41) is 11.6. The largest absolute Gasteiger partial charge is 0.462 e. The highest BCUT2D eigenvalue weighted by atomic mass is 16.5. The minimum atomic E-state index is -0.0193. The van der Waals surface area contributed by atoms with Gasteiger partial charge in [-0.2, -0.15) is 10.2 Å². The van der Waals surface area contributed by atoms with E-state index in [-0.39, 0.29) is 6.61 Å². The summed E-state index contributed by atoms with van der Waals surface area (Å²) in [4.78, 5) is 8.46.